The third-order valence-electron chi connectivity index (χ3n) is 9.83. The van der Waals surface area contributed by atoms with Crippen LogP contribution in [0.2, 0.25) is 0 Å². The molecule has 4 aromatic rings. The zero-order valence-corrected chi connectivity index (χ0v) is 32.9. The summed E-state index contributed by atoms with van der Waals surface area (Å²) in [5.41, 5.74) is -0.346. The Morgan fingerprint density at radius 3 is 2.02 bits per heavy atom. The molecule has 1 aliphatic rings. The number of amides is 4. The molecular weight excluding hydrogens is 713 g/mol. The lowest BCUT2D eigenvalue weighted by molar-refractivity contribution is -0.137. The van der Waals surface area contributed by atoms with E-state index in [9.17, 15) is 24.0 Å². The molecule has 0 aliphatic carbocycles. The smallest absolute Gasteiger partial charge is 0.408 e. The summed E-state index contributed by atoms with van der Waals surface area (Å²) in [6, 6.07) is 26.4. The number of ketones is 1. The van der Waals surface area contributed by atoms with Crippen LogP contribution in [0.15, 0.2) is 104 Å². The fourth-order valence-electron chi connectivity index (χ4n) is 6.72. The van der Waals surface area contributed by atoms with Crippen LogP contribution < -0.4 is 16.0 Å². The van der Waals surface area contributed by atoms with Crippen LogP contribution in [0.25, 0.3) is 0 Å². The van der Waals surface area contributed by atoms with E-state index in [0.29, 0.717) is 25.9 Å². The summed E-state index contributed by atoms with van der Waals surface area (Å²) >= 11 is 0. The molecule has 296 valence electrons. The second kappa shape index (κ2) is 17.8. The second-order valence-electron chi connectivity index (χ2n) is 15.6. The van der Waals surface area contributed by atoms with E-state index in [1.165, 1.54) is 20.2 Å². The van der Waals surface area contributed by atoms with Crippen molar-refractivity contribution in [3.05, 3.63) is 120 Å². The predicted octanol–water partition coefficient (Wildman–Crippen LogP) is 5.57. The van der Waals surface area contributed by atoms with E-state index < -0.39 is 46.5 Å². The number of aromatic nitrogens is 2. The number of imidazole rings is 1. The molecule has 13 nitrogen and oxygen atoms in total. The zero-order valence-electron chi connectivity index (χ0n) is 32.9. The monoisotopic (exact) mass is 764 g/mol. The summed E-state index contributed by atoms with van der Waals surface area (Å²) in [6.45, 7) is 10.5. The fourth-order valence-corrected chi connectivity index (χ4v) is 6.72. The average molecular weight is 765 g/mol. The summed E-state index contributed by atoms with van der Waals surface area (Å²) in [5.74, 6) is -1.21. The van der Waals surface area contributed by atoms with E-state index in [1.54, 1.807) is 43.4 Å². The highest BCUT2D eigenvalue weighted by atomic mass is 16.6. The van der Waals surface area contributed by atoms with Gasteiger partial charge in [0.1, 0.15) is 29.0 Å². The number of Topliss-reactive ketones (excluding diaryl/α,β-unsaturated/α-hetero) is 1. The minimum absolute atomic E-state index is 0.0771. The van der Waals surface area contributed by atoms with Gasteiger partial charge in [0, 0.05) is 19.3 Å². The molecule has 1 fully saturated rings. The van der Waals surface area contributed by atoms with Crippen LogP contribution in [0.3, 0.4) is 0 Å². The SMILES string of the molecule is CC(=O)C1(c2ccccc2)CCN(C(=O)C(c2ccccc2)n2cnc(NC(=O)C(COCc3ccccc3)NC(=O)C(C)(C)NC(=O)OC(C)(C)C)c2)CC1. The van der Waals surface area contributed by atoms with Gasteiger partial charge in [-0.05, 0) is 71.1 Å². The number of nitrogens with one attached hydrogen (secondary N) is 3. The third-order valence-corrected chi connectivity index (χ3v) is 9.83. The number of carbonyl (C=O) groups excluding carboxylic acids is 5. The van der Waals surface area contributed by atoms with Gasteiger partial charge in [0.25, 0.3) is 5.91 Å². The molecule has 1 aromatic heterocycles. The number of hydrogen-bond acceptors (Lipinski definition) is 8. The molecule has 2 unspecified atom stereocenters. The van der Waals surface area contributed by atoms with Crippen LogP contribution in [0.5, 0.6) is 0 Å². The van der Waals surface area contributed by atoms with Crippen molar-refractivity contribution in [2.24, 2.45) is 0 Å². The molecule has 0 bridgehead atoms. The van der Waals surface area contributed by atoms with Gasteiger partial charge in [-0.1, -0.05) is 91.0 Å². The maximum atomic E-state index is 14.4. The summed E-state index contributed by atoms with van der Waals surface area (Å²) in [6.07, 6.45) is 3.25. The summed E-state index contributed by atoms with van der Waals surface area (Å²) in [7, 11) is 0. The molecule has 0 spiro atoms. The van der Waals surface area contributed by atoms with Gasteiger partial charge in [-0.3, -0.25) is 19.2 Å². The first-order valence-electron chi connectivity index (χ1n) is 18.8. The van der Waals surface area contributed by atoms with Crippen LogP contribution in [-0.4, -0.2) is 80.9 Å². The minimum Gasteiger partial charge on any atom is -0.444 e. The highest BCUT2D eigenvalue weighted by Crippen LogP contribution is 2.37. The Bertz CT molecular complexity index is 1970. The van der Waals surface area contributed by atoms with Crippen molar-refractivity contribution in [3.8, 4) is 0 Å². The van der Waals surface area contributed by atoms with Gasteiger partial charge in [0.15, 0.2) is 5.82 Å². The van der Waals surface area contributed by atoms with E-state index >= 15 is 0 Å². The highest BCUT2D eigenvalue weighted by molar-refractivity contribution is 5.98. The largest absolute Gasteiger partial charge is 0.444 e. The van der Waals surface area contributed by atoms with E-state index in [4.69, 9.17) is 9.47 Å². The van der Waals surface area contributed by atoms with Crippen LogP contribution >= 0.6 is 0 Å². The van der Waals surface area contributed by atoms with Gasteiger partial charge < -0.3 is 34.9 Å². The van der Waals surface area contributed by atoms with Crippen molar-refractivity contribution >= 4 is 35.4 Å². The van der Waals surface area contributed by atoms with Gasteiger partial charge in [0.05, 0.1) is 25.0 Å². The predicted molar refractivity (Wildman–Crippen MR) is 212 cm³/mol. The topological polar surface area (TPSA) is 161 Å². The second-order valence-corrected chi connectivity index (χ2v) is 15.6. The molecule has 13 heteroatoms. The Morgan fingerprint density at radius 1 is 0.839 bits per heavy atom. The number of likely N-dealkylation sites (tertiary alicyclic amines) is 1. The number of piperidine rings is 1. The molecule has 3 aromatic carbocycles. The molecule has 56 heavy (non-hydrogen) atoms. The van der Waals surface area contributed by atoms with Crippen molar-refractivity contribution in [2.75, 3.05) is 25.0 Å². The quantitative estimate of drug-likeness (QED) is 0.150. The van der Waals surface area contributed by atoms with Gasteiger partial charge in [0.2, 0.25) is 11.8 Å². The lowest BCUT2D eigenvalue weighted by atomic mass is 9.70. The number of rotatable bonds is 14. The Morgan fingerprint density at radius 2 is 1.43 bits per heavy atom. The molecule has 5 rings (SSSR count). The van der Waals surface area contributed by atoms with Crippen LogP contribution in [0.4, 0.5) is 10.6 Å². The van der Waals surface area contributed by atoms with Gasteiger partial charge in [-0.15, -0.1) is 0 Å². The average Bonchev–Trinajstić information content (AvgIpc) is 3.62. The van der Waals surface area contributed by atoms with Crippen LogP contribution in [0.1, 0.15) is 77.1 Å². The number of alkyl carbamates (subject to hydrolysis) is 1. The number of benzene rings is 3. The number of nitrogens with zero attached hydrogens (tertiary/aromatic N) is 3. The molecule has 0 radical (unpaired) electrons. The maximum absolute atomic E-state index is 14.4. The molecule has 4 amide bonds. The fraction of sp³-hybridized carbons (Fsp3) is 0.395. The van der Waals surface area contributed by atoms with Crippen molar-refractivity contribution in [1.82, 2.24) is 25.1 Å². The summed E-state index contributed by atoms with van der Waals surface area (Å²) in [4.78, 5) is 73.4. The lowest BCUT2D eigenvalue weighted by Gasteiger charge is -2.41. The first-order chi connectivity index (χ1) is 26.6. The molecule has 1 aliphatic heterocycles. The Labute approximate surface area is 328 Å². The first-order valence-corrected chi connectivity index (χ1v) is 18.8. The number of anilines is 1. The van der Waals surface area contributed by atoms with Crippen molar-refractivity contribution in [1.29, 1.82) is 0 Å². The molecule has 2 heterocycles. The minimum atomic E-state index is -1.45. The molecule has 1 saturated heterocycles. The van der Waals surface area contributed by atoms with Gasteiger partial charge in [-0.25, -0.2) is 9.78 Å². The van der Waals surface area contributed by atoms with E-state index in [2.05, 4.69) is 20.9 Å². The van der Waals surface area contributed by atoms with Crippen LogP contribution in [-0.2, 0) is 40.7 Å². The Balaban J connectivity index is 1.32. The van der Waals surface area contributed by atoms with Gasteiger partial charge in [-0.2, -0.15) is 0 Å². The normalized spacial score (nSPS) is 15.2. The lowest BCUT2D eigenvalue weighted by Crippen LogP contribution is -2.59. The first kappa shape index (κ1) is 41.3. The summed E-state index contributed by atoms with van der Waals surface area (Å²) in [5, 5.41) is 8.04. The Kier molecular flexibility index (Phi) is 13.1. The highest BCUT2D eigenvalue weighted by Gasteiger charge is 2.42. The molecule has 0 saturated carbocycles. The van der Waals surface area contributed by atoms with E-state index in [1.807, 2.05) is 91.0 Å². The summed E-state index contributed by atoms with van der Waals surface area (Å²) < 4.78 is 12.8. The number of carbonyl (C=O) groups is 5. The van der Waals surface area contributed by atoms with Crippen molar-refractivity contribution in [2.45, 2.75) is 89.6 Å². The number of ether oxygens (including phenoxy) is 2. The van der Waals surface area contributed by atoms with E-state index in [-0.39, 0.29) is 30.7 Å². The molecular formula is C43H52N6O7. The zero-order chi connectivity index (χ0) is 40.5. The molecule has 3 N–H and O–H groups in total. The van der Waals surface area contributed by atoms with Crippen molar-refractivity contribution < 1.29 is 33.4 Å². The maximum Gasteiger partial charge on any atom is 0.408 e. The van der Waals surface area contributed by atoms with Crippen LogP contribution in [0, 0.1) is 0 Å². The Hall–Kier alpha value is -5.82. The van der Waals surface area contributed by atoms with Crippen molar-refractivity contribution in [3.63, 3.8) is 0 Å². The molecule has 2 atom stereocenters. The third kappa shape index (κ3) is 10.5. The van der Waals surface area contributed by atoms with E-state index in [0.717, 1.165) is 16.7 Å². The standard InChI is InChI=1S/C43H52N6O7/c1-30(50)43(33-20-14-9-15-21-33)22-24-48(25-23-43)38(52)36(32-18-12-8-13-19-32)49-26-35(44-29-49)46-37(51)34(28-55-27-31-16-10-7-11-17-31)45-39(53)42(5,6)47-40(54)56-41(2,3)4/h7-21,26,29,34,36H,22-25,27-28H2,1-6H3,(H,45,53)(H,46,51)(H,47,54). The van der Waals surface area contributed by atoms with Gasteiger partial charge >= 0.3 is 6.09 Å². The number of hydrogen-bond donors (Lipinski definition) is 3.